The van der Waals surface area contributed by atoms with Crippen molar-refractivity contribution in [1.82, 2.24) is 10.2 Å². The van der Waals surface area contributed by atoms with Crippen molar-refractivity contribution in [2.24, 2.45) is 0 Å². The van der Waals surface area contributed by atoms with Gasteiger partial charge >= 0.3 is 0 Å². The molecule has 0 atom stereocenters. The number of carbonyl (C=O) groups excluding carboxylic acids is 1. The van der Waals surface area contributed by atoms with E-state index >= 15 is 0 Å². The minimum absolute atomic E-state index is 0.0562. The molecule has 1 saturated heterocycles. The molecular formula is C11H19N4OS+. The fraction of sp³-hybridized carbons (Fsp3) is 0.727. The molecule has 1 aromatic heterocycles. The summed E-state index contributed by atoms with van der Waals surface area (Å²) in [4.78, 5) is 13.2. The van der Waals surface area contributed by atoms with Gasteiger partial charge in [-0.3, -0.25) is 10.1 Å². The largest absolute Gasteiger partial charge is 0.327 e. The second kappa shape index (κ2) is 6.07. The summed E-state index contributed by atoms with van der Waals surface area (Å²) in [5.74, 6) is 0.0562. The molecule has 2 N–H and O–H groups in total. The van der Waals surface area contributed by atoms with Crippen LogP contribution in [-0.2, 0) is 11.2 Å². The van der Waals surface area contributed by atoms with Gasteiger partial charge in [-0.1, -0.05) is 18.3 Å². The SMILES string of the molecule is CCc1nnc(NC(=O)C[NH+]2CCCCC2)s1. The predicted molar refractivity (Wildman–Crippen MR) is 67.3 cm³/mol. The zero-order valence-electron chi connectivity index (χ0n) is 10.2. The van der Waals surface area contributed by atoms with Crippen LogP contribution in [0.3, 0.4) is 0 Å². The van der Waals surface area contributed by atoms with Gasteiger partial charge in [0.25, 0.3) is 5.91 Å². The van der Waals surface area contributed by atoms with Crippen LogP contribution in [0.1, 0.15) is 31.2 Å². The standard InChI is InChI=1S/C11H18N4OS/c1-2-10-13-14-11(17-10)12-9(16)8-15-6-4-3-5-7-15/h2-8H2,1H3,(H,12,14,16)/p+1. The lowest BCUT2D eigenvalue weighted by Gasteiger charge is -2.22. The smallest absolute Gasteiger partial charge is 0.281 e. The van der Waals surface area contributed by atoms with Gasteiger partial charge in [-0.2, -0.15) is 0 Å². The van der Waals surface area contributed by atoms with Gasteiger partial charge in [-0.05, 0) is 25.7 Å². The van der Waals surface area contributed by atoms with Crippen molar-refractivity contribution in [3.63, 3.8) is 0 Å². The number of aryl methyl sites for hydroxylation is 1. The van der Waals surface area contributed by atoms with Crippen molar-refractivity contribution >= 4 is 22.4 Å². The van der Waals surface area contributed by atoms with Crippen LogP contribution in [0.5, 0.6) is 0 Å². The van der Waals surface area contributed by atoms with E-state index in [-0.39, 0.29) is 5.91 Å². The molecule has 2 rings (SSSR count). The Labute approximate surface area is 105 Å². The van der Waals surface area contributed by atoms with E-state index in [2.05, 4.69) is 15.5 Å². The van der Waals surface area contributed by atoms with Crippen LogP contribution in [0.4, 0.5) is 5.13 Å². The number of amides is 1. The lowest BCUT2D eigenvalue weighted by Crippen LogP contribution is -3.13. The molecule has 1 aliphatic rings. The second-order valence-corrected chi connectivity index (χ2v) is 5.45. The summed E-state index contributed by atoms with van der Waals surface area (Å²) in [6, 6.07) is 0. The number of likely N-dealkylation sites (tertiary alicyclic amines) is 1. The molecule has 0 saturated carbocycles. The first-order valence-electron chi connectivity index (χ1n) is 6.23. The predicted octanol–water partition coefficient (Wildman–Crippen LogP) is 0.108. The monoisotopic (exact) mass is 255 g/mol. The van der Waals surface area contributed by atoms with Crippen molar-refractivity contribution < 1.29 is 9.69 Å². The number of nitrogens with zero attached hydrogens (tertiary/aromatic N) is 2. The third kappa shape index (κ3) is 3.74. The van der Waals surface area contributed by atoms with Gasteiger partial charge in [0.15, 0.2) is 6.54 Å². The van der Waals surface area contributed by atoms with E-state index in [1.54, 1.807) is 0 Å². The van der Waals surface area contributed by atoms with Gasteiger partial charge in [0.2, 0.25) is 5.13 Å². The van der Waals surface area contributed by atoms with Gasteiger partial charge in [0.05, 0.1) is 13.1 Å². The van der Waals surface area contributed by atoms with E-state index in [4.69, 9.17) is 0 Å². The van der Waals surface area contributed by atoms with Gasteiger partial charge < -0.3 is 4.90 Å². The molecule has 1 aliphatic heterocycles. The van der Waals surface area contributed by atoms with Crippen LogP contribution in [0, 0.1) is 0 Å². The summed E-state index contributed by atoms with van der Waals surface area (Å²) in [5, 5.41) is 12.3. The summed E-state index contributed by atoms with van der Waals surface area (Å²) in [7, 11) is 0. The maximum atomic E-state index is 11.8. The number of rotatable bonds is 4. The van der Waals surface area contributed by atoms with E-state index in [1.807, 2.05) is 6.92 Å². The van der Waals surface area contributed by atoms with Crippen molar-refractivity contribution in [1.29, 1.82) is 0 Å². The van der Waals surface area contributed by atoms with Crippen LogP contribution in [0.2, 0.25) is 0 Å². The molecule has 1 fully saturated rings. The Kier molecular flexibility index (Phi) is 4.44. The van der Waals surface area contributed by atoms with Gasteiger partial charge in [-0.25, -0.2) is 0 Å². The number of quaternary nitrogens is 1. The van der Waals surface area contributed by atoms with E-state index in [9.17, 15) is 4.79 Å². The Hall–Kier alpha value is -1.01. The fourth-order valence-electron chi connectivity index (χ4n) is 2.07. The number of nitrogens with one attached hydrogen (secondary N) is 2. The molecule has 94 valence electrons. The summed E-state index contributed by atoms with van der Waals surface area (Å²) >= 11 is 1.46. The lowest BCUT2D eigenvalue weighted by atomic mass is 10.1. The fourth-order valence-corrected chi connectivity index (χ4v) is 2.76. The maximum Gasteiger partial charge on any atom is 0.281 e. The van der Waals surface area contributed by atoms with Crippen molar-refractivity contribution in [2.45, 2.75) is 32.6 Å². The first-order chi connectivity index (χ1) is 8.28. The second-order valence-electron chi connectivity index (χ2n) is 4.39. The highest BCUT2D eigenvalue weighted by molar-refractivity contribution is 7.15. The molecule has 0 aromatic carbocycles. The molecule has 2 heterocycles. The number of piperidine rings is 1. The Morgan fingerprint density at radius 1 is 1.35 bits per heavy atom. The summed E-state index contributed by atoms with van der Waals surface area (Å²) in [6.07, 6.45) is 4.65. The Morgan fingerprint density at radius 2 is 2.12 bits per heavy atom. The first-order valence-corrected chi connectivity index (χ1v) is 7.05. The molecule has 6 heteroatoms. The highest BCUT2D eigenvalue weighted by atomic mass is 32.1. The molecule has 1 aromatic rings. The highest BCUT2D eigenvalue weighted by Gasteiger charge is 2.18. The minimum Gasteiger partial charge on any atom is -0.327 e. The number of aromatic nitrogens is 2. The van der Waals surface area contributed by atoms with Crippen molar-refractivity contribution in [3.05, 3.63) is 5.01 Å². The maximum absolute atomic E-state index is 11.8. The van der Waals surface area contributed by atoms with Crippen LogP contribution in [0.15, 0.2) is 0 Å². The van der Waals surface area contributed by atoms with Gasteiger partial charge in [-0.15, -0.1) is 10.2 Å². The highest BCUT2D eigenvalue weighted by Crippen LogP contribution is 2.14. The number of carbonyl (C=O) groups is 1. The van der Waals surface area contributed by atoms with Crippen LogP contribution >= 0.6 is 11.3 Å². The number of hydrogen-bond acceptors (Lipinski definition) is 4. The van der Waals surface area contributed by atoms with E-state index in [0.717, 1.165) is 24.5 Å². The Bertz CT molecular complexity index is 373. The normalized spacial score (nSPS) is 17.0. The topological polar surface area (TPSA) is 59.3 Å². The number of hydrogen-bond donors (Lipinski definition) is 2. The van der Waals surface area contributed by atoms with Crippen LogP contribution < -0.4 is 10.2 Å². The number of anilines is 1. The molecule has 1 amide bonds. The summed E-state index contributed by atoms with van der Waals surface area (Å²) in [6.45, 7) is 4.82. The Balaban J connectivity index is 1.79. The molecule has 0 bridgehead atoms. The van der Waals surface area contributed by atoms with Crippen LogP contribution in [0.25, 0.3) is 0 Å². The third-order valence-electron chi connectivity index (χ3n) is 2.99. The molecule has 17 heavy (non-hydrogen) atoms. The lowest BCUT2D eigenvalue weighted by molar-refractivity contribution is -0.896. The minimum atomic E-state index is 0.0562. The third-order valence-corrected chi connectivity index (χ3v) is 3.97. The summed E-state index contributed by atoms with van der Waals surface area (Å²) in [5.41, 5.74) is 0. The molecule has 5 nitrogen and oxygen atoms in total. The average Bonchev–Trinajstić information content (AvgIpc) is 2.78. The van der Waals surface area contributed by atoms with Gasteiger partial charge in [0, 0.05) is 0 Å². The zero-order valence-corrected chi connectivity index (χ0v) is 11.0. The quantitative estimate of drug-likeness (QED) is 0.803. The Morgan fingerprint density at radius 3 is 2.76 bits per heavy atom. The molecular weight excluding hydrogens is 236 g/mol. The van der Waals surface area contributed by atoms with E-state index in [0.29, 0.717) is 11.7 Å². The van der Waals surface area contributed by atoms with Gasteiger partial charge in [0.1, 0.15) is 5.01 Å². The zero-order chi connectivity index (χ0) is 12.1. The molecule has 0 unspecified atom stereocenters. The van der Waals surface area contributed by atoms with Crippen molar-refractivity contribution in [2.75, 3.05) is 25.0 Å². The van der Waals surface area contributed by atoms with E-state index < -0.39 is 0 Å². The molecule has 0 radical (unpaired) electrons. The molecule has 0 aliphatic carbocycles. The summed E-state index contributed by atoms with van der Waals surface area (Å²) < 4.78 is 0. The first kappa shape index (κ1) is 12.4. The van der Waals surface area contributed by atoms with E-state index in [1.165, 1.54) is 35.5 Å². The average molecular weight is 255 g/mol. The van der Waals surface area contributed by atoms with Crippen molar-refractivity contribution in [3.8, 4) is 0 Å². The van der Waals surface area contributed by atoms with Crippen LogP contribution in [-0.4, -0.2) is 35.7 Å². The molecule has 0 spiro atoms.